The second kappa shape index (κ2) is 3.74. The van der Waals surface area contributed by atoms with Crippen LogP contribution in [0.2, 0.25) is 0 Å². The van der Waals surface area contributed by atoms with Crippen molar-refractivity contribution >= 4 is 0 Å². The highest BCUT2D eigenvalue weighted by atomic mass is 16.5. The molecule has 1 aromatic carbocycles. The van der Waals surface area contributed by atoms with Gasteiger partial charge in [0.25, 0.3) is 0 Å². The lowest BCUT2D eigenvalue weighted by Crippen LogP contribution is -2.49. The molecule has 0 saturated heterocycles. The molecule has 1 aromatic rings. The molecule has 2 saturated carbocycles. The highest BCUT2D eigenvalue weighted by molar-refractivity contribution is 5.37. The van der Waals surface area contributed by atoms with Gasteiger partial charge < -0.3 is 10.1 Å². The van der Waals surface area contributed by atoms with Crippen molar-refractivity contribution in [2.75, 3.05) is 20.7 Å². The molecule has 0 radical (unpaired) electrons. The molecule has 3 rings (SSSR count). The molecule has 1 spiro atoms. The maximum atomic E-state index is 5.23. The van der Waals surface area contributed by atoms with Gasteiger partial charge in [0.2, 0.25) is 0 Å². The fraction of sp³-hybridized carbons (Fsp3) is 0.600. The SMILES string of the molecule is CNCC1(c2ccc(OC)cc2)CC2(CC2)C1. The zero-order chi connectivity index (χ0) is 11.9. The maximum absolute atomic E-state index is 5.23. The van der Waals surface area contributed by atoms with E-state index in [1.165, 1.54) is 31.2 Å². The number of hydrogen-bond donors (Lipinski definition) is 1. The van der Waals surface area contributed by atoms with Crippen LogP contribution in [0.25, 0.3) is 0 Å². The Hall–Kier alpha value is -1.02. The van der Waals surface area contributed by atoms with Crippen molar-refractivity contribution in [2.24, 2.45) is 5.41 Å². The summed E-state index contributed by atoms with van der Waals surface area (Å²) < 4.78 is 5.23. The Morgan fingerprint density at radius 3 is 2.29 bits per heavy atom. The first kappa shape index (κ1) is 11.1. The summed E-state index contributed by atoms with van der Waals surface area (Å²) in [5.74, 6) is 0.953. The summed E-state index contributed by atoms with van der Waals surface area (Å²) in [5, 5.41) is 3.37. The van der Waals surface area contributed by atoms with E-state index in [-0.39, 0.29) is 0 Å². The smallest absolute Gasteiger partial charge is 0.118 e. The van der Waals surface area contributed by atoms with E-state index in [9.17, 15) is 0 Å². The van der Waals surface area contributed by atoms with Gasteiger partial charge in [0.05, 0.1) is 7.11 Å². The molecule has 0 aliphatic heterocycles. The Morgan fingerprint density at radius 1 is 1.18 bits per heavy atom. The van der Waals surface area contributed by atoms with Gasteiger partial charge in [-0.1, -0.05) is 12.1 Å². The van der Waals surface area contributed by atoms with Crippen LogP contribution in [-0.4, -0.2) is 20.7 Å². The standard InChI is InChI=1S/C15H21NO/c1-16-11-15(9-14(10-15)7-8-14)12-3-5-13(17-2)6-4-12/h3-6,16H,7-11H2,1-2H3. The van der Waals surface area contributed by atoms with Crippen LogP contribution in [0.3, 0.4) is 0 Å². The normalized spacial score (nSPS) is 23.2. The summed E-state index contributed by atoms with van der Waals surface area (Å²) in [6.45, 7) is 1.10. The van der Waals surface area contributed by atoms with Gasteiger partial charge in [0, 0.05) is 12.0 Å². The molecule has 0 unspecified atom stereocenters. The van der Waals surface area contributed by atoms with Crippen molar-refractivity contribution in [3.63, 3.8) is 0 Å². The summed E-state index contributed by atoms with van der Waals surface area (Å²) in [6.07, 6.45) is 5.64. The van der Waals surface area contributed by atoms with E-state index in [1.807, 2.05) is 0 Å². The molecule has 17 heavy (non-hydrogen) atoms. The quantitative estimate of drug-likeness (QED) is 0.860. The number of rotatable bonds is 4. The second-order valence-corrected chi connectivity index (χ2v) is 5.89. The van der Waals surface area contributed by atoms with Gasteiger partial charge >= 0.3 is 0 Å². The average Bonchev–Trinajstić information content (AvgIpc) is 3.09. The monoisotopic (exact) mass is 231 g/mol. The number of nitrogens with one attached hydrogen (secondary N) is 1. The van der Waals surface area contributed by atoms with Gasteiger partial charge in [-0.05, 0) is 55.8 Å². The molecule has 2 nitrogen and oxygen atoms in total. The predicted molar refractivity (Wildman–Crippen MR) is 69.5 cm³/mol. The van der Waals surface area contributed by atoms with E-state index in [1.54, 1.807) is 7.11 Å². The van der Waals surface area contributed by atoms with E-state index in [2.05, 4.69) is 36.6 Å². The lowest BCUT2D eigenvalue weighted by Gasteiger charge is -2.49. The van der Waals surface area contributed by atoms with Gasteiger partial charge in [-0.3, -0.25) is 0 Å². The van der Waals surface area contributed by atoms with E-state index >= 15 is 0 Å². The summed E-state index contributed by atoms with van der Waals surface area (Å²) in [5.41, 5.74) is 2.60. The topological polar surface area (TPSA) is 21.3 Å². The van der Waals surface area contributed by atoms with Crippen LogP contribution in [0.1, 0.15) is 31.2 Å². The third kappa shape index (κ3) is 1.75. The minimum atomic E-state index is 0.386. The van der Waals surface area contributed by atoms with Crippen LogP contribution in [0.5, 0.6) is 5.75 Å². The highest BCUT2D eigenvalue weighted by Gasteiger charge is 2.60. The Morgan fingerprint density at radius 2 is 1.82 bits per heavy atom. The molecule has 2 aliphatic carbocycles. The molecule has 2 aliphatic rings. The summed E-state index contributed by atoms with van der Waals surface area (Å²) >= 11 is 0. The zero-order valence-electron chi connectivity index (χ0n) is 10.8. The van der Waals surface area contributed by atoms with Crippen molar-refractivity contribution in [3.05, 3.63) is 29.8 Å². The Kier molecular flexibility index (Phi) is 2.44. The van der Waals surface area contributed by atoms with Crippen molar-refractivity contribution in [3.8, 4) is 5.75 Å². The van der Waals surface area contributed by atoms with Crippen molar-refractivity contribution < 1.29 is 4.74 Å². The first-order valence-corrected chi connectivity index (χ1v) is 6.51. The first-order valence-electron chi connectivity index (χ1n) is 6.51. The zero-order valence-corrected chi connectivity index (χ0v) is 10.8. The minimum Gasteiger partial charge on any atom is -0.497 e. The maximum Gasteiger partial charge on any atom is 0.118 e. The van der Waals surface area contributed by atoms with E-state index in [4.69, 9.17) is 4.74 Å². The molecule has 2 heteroatoms. The van der Waals surface area contributed by atoms with Crippen molar-refractivity contribution in [1.82, 2.24) is 5.32 Å². The van der Waals surface area contributed by atoms with Gasteiger partial charge in [-0.25, -0.2) is 0 Å². The first-order chi connectivity index (χ1) is 8.22. The number of benzene rings is 1. The lowest BCUT2D eigenvalue weighted by atomic mass is 9.56. The van der Waals surface area contributed by atoms with Crippen LogP contribution >= 0.6 is 0 Å². The number of hydrogen-bond acceptors (Lipinski definition) is 2. The molecule has 1 N–H and O–H groups in total. The predicted octanol–water partition coefficient (Wildman–Crippen LogP) is 2.73. The van der Waals surface area contributed by atoms with Crippen LogP contribution < -0.4 is 10.1 Å². The number of methoxy groups -OCH3 is 1. The van der Waals surface area contributed by atoms with E-state index < -0.39 is 0 Å². The van der Waals surface area contributed by atoms with Crippen molar-refractivity contribution in [1.29, 1.82) is 0 Å². The van der Waals surface area contributed by atoms with Gasteiger partial charge in [0.15, 0.2) is 0 Å². The fourth-order valence-corrected chi connectivity index (χ4v) is 3.63. The average molecular weight is 231 g/mol. The van der Waals surface area contributed by atoms with Crippen LogP contribution in [-0.2, 0) is 5.41 Å². The molecule has 0 amide bonds. The highest BCUT2D eigenvalue weighted by Crippen LogP contribution is 2.68. The van der Waals surface area contributed by atoms with Gasteiger partial charge in [-0.2, -0.15) is 0 Å². The molecule has 0 aromatic heterocycles. The molecular formula is C15H21NO. The third-order valence-electron chi connectivity index (χ3n) is 4.60. The molecular weight excluding hydrogens is 210 g/mol. The number of likely N-dealkylation sites (N-methyl/N-ethyl adjacent to an activating group) is 1. The van der Waals surface area contributed by atoms with Gasteiger partial charge in [0.1, 0.15) is 5.75 Å². The fourth-order valence-electron chi connectivity index (χ4n) is 3.63. The number of ether oxygens (including phenoxy) is 1. The van der Waals surface area contributed by atoms with Gasteiger partial charge in [-0.15, -0.1) is 0 Å². The molecule has 0 heterocycles. The second-order valence-electron chi connectivity index (χ2n) is 5.89. The summed E-state index contributed by atoms with van der Waals surface area (Å²) in [7, 11) is 3.78. The van der Waals surface area contributed by atoms with Crippen molar-refractivity contribution in [2.45, 2.75) is 31.1 Å². The molecule has 92 valence electrons. The van der Waals surface area contributed by atoms with E-state index in [0.717, 1.165) is 17.7 Å². The van der Waals surface area contributed by atoms with Crippen LogP contribution in [0.15, 0.2) is 24.3 Å². The summed E-state index contributed by atoms with van der Waals surface area (Å²) in [4.78, 5) is 0. The van der Waals surface area contributed by atoms with E-state index in [0.29, 0.717) is 5.41 Å². The summed E-state index contributed by atoms with van der Waals surface area (Å²) in [6, 6.07) is 8.66. The lowest BCUT2D eigenvalue weighted by molar-refractivity contribution is 0.118. The third-order valence-corrected chi connectivity index (χ3v) is 4.60. The molecule has 0 bridgehead atoms. The minimum absolute atomic E-state index is 0.386. The Bertz CT molecular complexity index is 397. The Labute approximate surface area is 103 Å². The van der Waals surface area contributed by atoms with Crippen LogP contribution in [0.4, 0.5) is 0 Å². The largest absolute Gasteiger partial charge is 0.497 e. The van der Waals surface area contributed by atoms with Crippen LogP contribution in [0, 0.1) is 5.41 Å². The molecule has 2 fully saturated rings. The Balaban J connectivity index is 1.83. The molecule has 0 atom stereocenters.